The molecule has 0 radical (unpaired) electrons. The van der Waals surface area contributed by atoms with Crippen LogP contribution in [0, 0.1) is 0 Å². The van der Waals surface area contributed by atoms with Gasteiger partial charge in [0.05, 0.1) is 5.52 Å². The van der Waals surface area contributed by atoms with Gasteiger partial charge in [-0.2, -0.15) is 0 Å². The second-order valence-corrected chi connectivity index (χ2v) is 2.35. The molecule has 4 heteroatoms. The average Bonchev–Trinajstić information content (AvgIpc) is 2.07. The van der Waals surface area contributed by atoms with Crippen LogP contribution in [0.15, 0.2) is 30.3 Å². The maximum atomic E-state index is 5.19. The molecule has 0 aliphatic heterocycles. The highest BCUT2D eigenvalue weighted by Crippen LogP contribution is 2.06. The zero-order chi connectivity index (χ0) is 7.94. The third-order valence-electron chi connectivity index (χ3n) is 1.13. The molecule has 0 aliphatic rings. The van der Waals surface area contributed by atoms with E-state index in [0.717, 1.165) is 5.75 Å². The first kappa shape index (κ1) is 8.62. The fourth-order valence-electron chi connectivity index (χ4n) is 0.658. The molecule has 0 aromatic heterocycles. The van der Waals surface area contributed by atoms with Gasteiger partial charge in [-0.15, -0.1) is 0 Å². The van der Waals surface area contributed by atoms with Crippen molar-refractivity contribution in [1.29, 1.82) is 0 Å². The number of para-hydroxylation sites is 1. The van der Waals surface area contributed by atoms with Crippen molar-refractivity contribution in [3.05, 3.63) is 30.3 Å². The standard InChI is InChI=1S/C7H8BBrO2/c9-6-10-8-11-7-4-2-1-3-5-7/h1-5,8H,6H2. The van der Waals surface area contributed by atoms with Crippen molar-refractivity contribution in [2.75, 3.05) is 5.52 Å². The first-order valence-corrected chi connectivity index (χ1v) is 4.37. The lowest BCUT2D eigenvalue weighted by Gasteiger charge is -2.02. The highest BCUT2D eigenvalue weighted by molar-refractivity contribution is 9.09. The third kappa shape index (κ3) is 3.44. The molecule has 0 unspecified atom stereocenters. The molecule has 2 nitrogen and oxygen atoms in total. The number of halogens is 1. The van der Waals surface area contributed by atoms with Gasteiger partial charge in [0.15, 0.2) is 0 Å². The van der Waals surface area contributed by atoms with E-state index in [2.05, 4.69) is 15.9 Å². The Labute approximate surface area is 74.9 Å². The number of benzene rings is 1. The molecule has 0 saturated heterocycles. The number of hydrogen-bond donors (Lipinski definition) is 0. The second kappa shape index (κ2) is 5.21. The molecule has 0 heterocycles. The van der Waals surface area contributed by atoms with E-state index in [4.69, 9.17) is 9.31 Å². The van der Waals surface area contributed by atoms with Crippen LogP contribution in [-0.2, 0) is 4.65 Å². The molecule has 1 rings (SSSR count). The molecule has 1 aromatic carbocycles. The third-order valence-corrected chi connectivity index (χ3v) is 1.45. The number of hydrogen-bond acceptors (Lipinski definition) is 2. The second-order valence-electron chi connectivity index (χ2n) is 1.89. The summed E-state index contributed by atoms with van der Waals surface area (Å²) < 4.78 is 10.1. The predicted molar refractivity (Wildman–Crippen MR) is 49.1 cm³/mol. The average molecular weight is 215 g/mol. The summed E-state index contributed by atoms with van der Waals surface area (Å²) in [6, 6.07) is 9.56. The summed E-state index contributed by atoms with van der Waals surface area (Å²) in [7, 11) is 0.287. The molecule has 1 aromatic rings. The smallest absolute Gasteiger partial charge is 0.507 e. The van der Waals surface area contributed by atoms with Crippen LogP contribution in [-0.4, -0.2) is 13.2 Å². The predicted octanol–water partition coefficient (Wildman–Crippen LogP) is 1.70. The van der Waals surface area contributed by atoms with Crippen molar-refractivity contribution < 1.29 is 9.31 Å². The van der Waals surface area contributed by atoms with Gasteiger partial charge in [-0.3, -0.25) is 0 Å². The van der Waals surface area contributed by atoms with Crippen LogP contribution >= 0.6 is 15.9 Å². The van der Waals surface area contributed by atoms with Crippen molar-refractivity contribution in [3.63, 3.8) is 0 Å². The molecule has 0 saturated carbocycles. The minimum absolute atomic E-state index is 0.287. The first-order chi connectivity index (χ1) is 5.43. The minimum atomic E-state index is 0.287. The normalized spacial score (nSPS) is 9.18. The van der Waals surface area contributed by atoms with Crippen LogP contribution in [0.25, 0.3) is 0 Å². The van der Waals surface area contributed by atoms with E-state index < -0.39 is 0 Å². The van der Waals surface area contributed by atoms with E-state index in [-0.39, 0.29) is 7.69 Å². The summed E-state index contributed by atoms with van der Waals surface area (Å²) in [6.45, 7) is 0. The van der Waals surface area contributed by atoms with E-state index in [0.29, 0.717) is 5.52 Å². The largest absolute Gasteiger partial charge is 0.539 e. The molecule has 11 heavy (non-hydrogen) atoms. The zero-order valence-electron chi connectivity index (χ0n) is 6.00. The van der Waals surface area contributed by atoms with E-state index in [1.54, 1.807) is 0 Å². The molecule has 58 valence electrons. The van der Waals surface area contributed by atoms with E-state index in [1.165, 1.54) is 0 Å². The van der Waals surface area contributed by atoms with Crippen molar-refractivity contribution in [1.82, 2.24) is 0 Å². The molecule has 0 aliphatic carbocycles. The molecule has 0 amide bonds. The van der Waals surface area contributed by atoms with E-state index in [1.807, 2.05) is 30.3 Å². The molecule has 0 bridgehead atoms. The lowest BCUT2D eigenvalue weighted by Crippen LogP contribution is -2.05. The molecule has 0 spiro atoms. The molecule has 0 fully saturated rings. The van der Waals surface area contributed by atoms with Crippen molar-refractivity contribution in [2.24, 2.45) is 0 Å². The summed E-state index contributed by atoms with van der Waals surface area (Å²) in [6.07, 6.45) is 0. The van der Waals surface area contributed by atoms with E-state index in [9.17, 15) is 0 Å². The Morgan fingerprint density at radius 1 is 1.27 bits per heavy atom. The highest BCUT2D eigenvalue weighted by atomic mass is 79.9. The lowest BCUT2D eigenvalue weighted by atomic mass is 10.3. The Kier molecular flexibility index (Phi) is 4.08. The van der Waals surface area contributed by atoms with Gasteiger partial charge in [-0.05, 0) is 12.1 Å². The summed E-state index contributed by atoms with van der Waals surface area (Å²) in [5, 5.41) is 0. The minimum Gasteiger partial charge on any atom is -0.539 e. The van der Waals surface area contributed by atoms with Gasteiger partial charge < -0.3 is 9.31 Å². The molecule has 0 N–H and O–H groups in total. The molecular formula is C7H8BBrO2. The van der Waals surface area contributed by atoms with Crippen LogP contribution < -0.4 is 4.65 Å². The Balaban J connectivity index is 2.28. The SMILES string of the molecule is BrCOBOc1ccccc1. The first-order valence-electron chi connectivity index (χ1n) is 3.25. The van der Waals surface area contributed by atoms with Gasteiger partial charge in [0.1, 0.15) is 5.75 Å². The summed E-state index contributed by atoms with van der Waals surface area (Å²) in [4.78, 5) is 0. The van der Waals surface area contributed by atoms with Crippen LogP contribution in [0.3, 0.4) is 0 Å². The molecular weight excluding hydrogens is 207 g/mol. The fraction of sp³-hybridized carbons (Fsp3) is 0.143. The van der Waals surface area contributed by atoms with Crippen molar-refractivity contribution in [2.45, 2.75) is 0 Å². The van der Waals surface area contributed by atoms with Crippen LogP contribution in [0.2, 0.25) is 0 Å². The van der Waals surface area contributed by atoms with Crippen LogP contribution in [0.4, 0.5) is 0 Å². The van der Waals surface area contributed by atoms with Crippen LogP contribution in [0.1, 0.15) is 0 Å². The Bertz CT molecular complexity index is 193. The zero-order valence-corrected chi connectivity index (χ0v) is 7.58. The van der Waals surface area contributed by atoms with Crippen molar-refractivity contribution >= 4 is 23.6 Å². The summed E-state index contributed by atoms with van der Waals surface area (Å²) in [5.41, 5.74) is 0.500. The summed E-state index contributed by atoms with van der Waals surface area (Å²) in [5.74, 6) is 0.827. The quantitative estimate of drug-likeness (QED) is 0.432. The van der Waals surface area contributed by atoms with Gasteiger partial charge in [0.25, 0.3) is 0 Å². The number of alkyl halides is 1. The Hall–Kier alpha value is -0.475. The Morgan fingerprint density at radius 2 is 2.00 bits per heavy atom. The van der Waals surface area contributed by atoms with Crippen LogP contribution in [0.5, 0.6) is 5.75 Å². The lowest BCUT2D eigenvalue weighted by molar-refractivity contribution is 0.353. The van der Waals surface area contributed by atoms with Gasteiger partial charge in [0, 0.05) is 0 Å². The number of rotatable bonds is 4. The maximum Gasteiger partial charge on any atom is 0.507 e. The van der Waals surface area contributed by atoms with Crippen molar-refractivity contribution in [3.8, 4) is 5.75 Å². The topological polar surface area (TPSA) is 18.5 Å². The van der Waals surface area contributed by atoms with Gasteiger partial charge >= 0.3 is 7.69 Å². The Morgan fingerprint density at radius 3 is 2.64 bits per heavy atom. The summed E-state index contributed by atoms with van der Waals surface area (Å²) >= 11 is 3.12. The monoisotopic (exact) mass is 214 g/mol. The van der Waals surface area contributed by atoms with Gasteiger partial charge in [-0.1, -0.05) is 34.1 Å². The fourth-order valence-corrected chi connectivity index (χ4v) is 0.790. The maximum absolute atomic E-state index is 5.19. The van der Waals surface area contributed by atoms with Gasteiger partial charge in [-0.25, -0.2) is 0 Å². The highest BCUT2D eigenvalue weighted by Gasteiger charge is 1.92. The molecule has 0 atom stereocenters. The van der Waals surface area contributed by atoms with E-state index >= 15 is 0 Å². The van der Waals surface area contributed by atoms with Gasteiger partial charge in [0.2, 0.25) is 0 Å².